The van der Waals surface area contributed by atoms with E-state index >= 15 is 0 Å². The maximum Gasteiger partial charge on any atom is -0.0536 e. The third-order valence-corrected chi connectivity index (χ3v) is 26.7. The standard InChI is InChI=1S/C16H13.C13H15.C6H14.CH3.2ClH.H3Si.Zr/c1-12-10-14-8-5-9-15(16(14)11-12)13-6-3-2-4-7-13;1-9(2)12-6-4-5-11-7-10(3)8-13(11)12;1-3-5-6-4-2;;;;;/h2-11H,1H3;4-9H,1-3H3;3-6H2,1-2H3;1H3;2*1H;1H3;. The maximum atomic E-state index is 2.76. The zero-order valence-corrected chi connectivity index (χ0v) is 32.0. The van der Waals surface area contributed by atoms with Crippen LogP contribution in [0.5, 0.6) is 0 Å². The fourth-order valence-electron chi connectivity index (χ4n) is 7.14. The normalized spacial score (nSPS) is 18.3. The fraction of sp³-hybridized carbons (Fsp3) is 0.389. The topological polar surface area (TPSA) is 0 Å². The second-order valence-electron chi connectivity index (χ2n) is 12.4. The minimum Gasteiger partial charge on any atom is -0.147 e. The van der Waals surface area contributed by atoms with E-state index in [0.717, 1.165) is 0 Å². The van der Waals surface area contributed by atoms with Gasteiger partial charge >= 0.3 is 201 Å². The van der Waals surface area contributed by atoms with Crippen LogP contribution in [-0.4, -0.2) is 7.37 Å². The molecule has 0 nitrogen and oxygen atoms in total. The van der Waals surface area contributed by atoms with E-state index in [-0.39, 0.29) is 24.8 Å². The molecule has 2 aliphatic rings. The Morgan fingerprint density at radius 2 is 1.20 bits per heavy atom. The van der Waals surface area contributed by atoms with E-state index in [9.17, 15) is 0 Å². The number of unbranched alkanes of at least 4 members (excludes halogenated alkanes) is 3. The molecule has 0 radical (unpaired) electrons. The van der Waals surface area contributed by atoms with Crippen LogP contribution in [0, 0.1) is 0 Å². The van der Waals surface area contributed by atoms with E-state index in [4.69, 9.17) is 0 Å². The molecule has 5 rings (SSSR count). The van der Waals surface area contributed by atoms with Gasteiger partial charge in [-0.2, -0.15) is 0 Å². The van der Waals surface area contributed by atoms with E-state index in [2.05, 4.69) is 125 Å². The van der Waals surface area contributed by atoms with Crippen molar-refractivity contribution in [2.75, 3.05) is 0 Å². The van der Waals surface area contributed by atoms with Crippen LogP contribution in [0.2, 0.25) is 4.63 Å². The van der Waals surface area contributed by atoms with E-state index in [1.165, 1.54) is 55.3 Å². The van der Waals surface area contributed by atoms with Gasteiger partial charge < -0.3 is 0 Å². The van der Waals surface area contributed by atoms with Crippen LogP contribution in [0.3, 0.4) is 0 Å². The number of hydrogen-bond donors (Lipinski definition) is 0. The molecule has 0 fully saturated rings. The van der Waals surface area contributed by atoms with Crippen molar-refractivity contribution in [3.63, 3.8) is 0 Å². The van der Waals surface area contributed by atoms with E-state index in [1.807, 2.05) is 0 Å². The molecule has 0 aromatic heterocycles. The number of fused-ring (bicyclic) bond motifs is 2. The first-order valence-corrected chi connectivity index (χ1v) is 28.6. The zero-order valence-electron chi connectivity index (χ0n) is 25.9. The second-order valence-corrected chi connectivity index (χ2v) is 36.9. The molecule has 3 aromatic rings. The van der Waals surface area contributed by atoms with Crippen molar-refractivity contribution in [2.45, 2.75) is 85.0 Å². The summed E-state index contributed by atoms with van der Waals surface area (Å²) >= 11 is -2.60. The van der Waals surface area contributed by atoms with Gasteiger partial charge in [0.25, 0.3) is 0 Å². The predicted octanol–water partition coefficient (Wildman–Crippen LogP) is 11.0. The Morgan fingerprint density at radius 3 is 1.73 bits per heavy atom. The second kappa shape index (κ2) is 15.3. The minimum atomic E-state index is -2.60. The van der Waals surface area contributed by atoms with Gasteiger partial charge in [-0.25, -0.2) is 0 Å². The van der Waals surface area contributed by atoms with Crippen molar-refractivity contribution >= 4 is 44.3 Å². The number of benzene rings is 3. The Bertz CT molecular complexity index is 1320. The summed E-state index contributed by atoms with van der Waals surface area (Å²) in [6.45, 7) is 14.0. The van der Waals surface area contributed by atoms with Gasteiger partial charge in [0.1, 0.15) is 0 Å². The first-order valence-electron chi connectivity index (χ1n) is 14.9. The Balaban J connectivity index is 0.000000635. The van der Waals surface area contributed by atoms with Crippen LogP contribution >= 0.6 is 24.8 Å². The van der Waals surface area contributed by atoms with Crippen LogP contribution in [0.25, 0.3) is 23.3 Å². The monoisotopic (exact) mass is 670 g/mol. The summed E-state index contributed by atoms with van der Waals surface area (Å²) in [6.07, 6.45) is 10.6. The molecular weight excluding hydrogens is 623 g/mol. The molecule has 40 heavy (non-hydrogen) atoms. The molecule has 0 aliphatic heterocycles. The van der Waals surface area contributed by atoms with Crippen molar-refractivity contribution in [2.24, 2.45) is 0 Å². The Morgan fingerprint density at radius 1 is 0.700 bits per heavy atom. The molecule has 2 aliphatic carbocycles. The summed E-state index contributed by atoms with van der Waals surface area (Å²) in [5.74, 6) is 0.575. The zero-order chi connectivity index (χ0) is 27.4. The summed E-state index contributed by atoms with van der Waals surface area (Å²) in [4.78, 5) is 0. The fourth-order valence-corrected chi connectivity index (χ4v) is 28.4. The SMILES string of the molecule is CC1=Cc2c(-c3ccccc3)cccc2[CH]1[Zr]([CH3])([SiH3])[CH]1C(C)=Cc2c(C(C)C)cccc21.CCCCCC.Cl.Cl. The van der Waals surface area contributed by atoms with Crippen LogP contribution in [0.15, 0.2) is 77.9 Å². The molecule has 0 saturated carbocycles. The average Bonchev–Trinajstić information content (AvgIpc) is 3.44. The van der Waals surface area contributed by atoms with Crippen molar-refractivity contribution in [1.82, 2.24) is 0 Å². The summed E-state index contributed by atoms with van der Waals surface area (Å²) < 4.78 is 4.13. The van der Waals surface area contributed by atoms with Crippen molar-refractivity contribution in [1.29, 1.82) is 0 Å². The Kier molecular flexibility index (Phi) is 13.4. The number of halogens is 2. The Labute approximate surface area is 263 Å². The molecule has 0 N–H and O–H groups in total. The van der Waals surface area contributed by atoms with E-state index in [0.29, 0.717) is 13.2 Å². The molecule has 0 heterocycles. The summed E-state index contributed by atoms with van der Waals surface area (Å²) in [7, 11) is 1.34. The predicted molar refractivity (Wildman–Crippen MR) is 185 cm³/mol. The van der Waals surface area contributed by atoms with Gasteiger partial charge in [0.2, 0.25) is 0 Å². The van der Waals surface area contributed by atoms with Gasteiger partial charge in [-0.3, -0.25) is 0 Å². The van der Waals surface area contributed by atoms with Gasteiger partial charge in [0.05, 0.1) is 0 Å². The van der Waals surface area contributed by atoms with Gasteiger partial charge in [-0.15, -0.1) is 24.8 Å². The molecule has 0 bridgehead atoms. The molecule has 216 valence electrons. The Hall–Kier alpha value is -1.18. The number of hydrogen-bond acceptors (Lipinski definition) is 0. The van der Waals surface area contributed by atoms with Crippen LogP contribution in [0.1, 0.15) is 108 Å². The third kappa shape index (κ3) is 7.06. The van der Waals surface area contributed by atoms with Gasteiger partial charge in [0, 0.05) is 0 Å². The molecule has 3 aromatic carbocycles. The molecule has 0 saturated heterocycles. The first kappa shape index (κ1) is 35.0. The van der Waals surface area contributed by atoms with Gasteiger partial charge in [-0.1, -0.05) is 39.5 Å². The number of allylic oxidation sites excluding steroid dienone is 2. The third-order valence-electron chi connectivity index (χ3n) is 8.74. The molecule has 4 heteroatoms. The first-order chi connectivity index (χ1) is 18.2. The molecule has 0 spiro atoms. The molecule has 3 unspecified atom stereocenters. The smallest absolute Gasteiger partial charge is 0.0536 e. The summed E-state index contributed by atoms with van der Waals surface area (Å²) in [5.41, 5.74) is 13.8. The molecule has 3 atom stereocenters. The van der Waals surface area contributed by atoms with Gasteiger partial charge in [0.15, 0.2) is 0 Å². The quantitative estimate of drug-likeness (QED) is 0.173. The van der Waals surface area contributed by atoms with Crippen LogP contribution in [0.4, 0.5) is 0 Å². The molecule has 0 amide bonds. The van der Waals surface area contributed by atoms with Gasteiger partial charge in [-0.05, 0) is 0 Å². The number of rotatable bonds is 7. The summed E-state index contributed by atoms with van der Waals surface area (Å²) in [6, 6.07) is 25.1. The van der Waals surface area contributed by atoms with Crippen LogP contribution < -0.4 is 0 Å². The van der Waals surface area contributed by atoms with Crippen molar-refractivity contribution < 1.29 is 19.4 Å². The maximum absolute atomic E-state index is 2.76. The molecular formula is C36H50Cl2SiZr. The minimum absolute atomic E-state index is 0. The average molecular weight is 673 g/mol. The van der Waals surface area contributed by atoms with Crippen molar-refractivity contribution in [3.05, 3.63) is 106 Å². The largest absolute Gasteiger partial charge is 0.147 e. The van der Waals surface area contributed by atoms with E-state index in [1.54, 1.807) is 27.8 Å². The van der Waals surface area contributed by atoms with Crippen LogP contribution in [-0.2, 0) is 19.4 Å². The van der Waals surface area contributed by atoms with Crippen molar-refractivity contribution in [3.8, 4) is 11.1 Å². The van der Waals surface area contributed by atoms with E-state index < -0.39 is 19.4 Å². The summed E-state index contributed by atoms with van der Waals surface area (Å²) in [5, 5.41) is 0.